The van der Waals surface area contributed by atoms with E-state index in [1.54, 1.807) is 23.0 Å². The minimum Gasteiger partial charge on any atom is -0.494 e. The highest BCUT2D eigenvalue weighted by Crippen LogP contribution is 2.23. The van der Waals surface area contributed by atoms with Gasteiger partial charge in [0.1, 0.15) is 11.3 Å². The fourth-order valence-corrected chi connectivity index (χ4v) is 3.68. The monoisotopic (exact) mass is 403 g/mol. The minimum absolute atomic E-state index is 0.183. The number of rotatable bonds is 6. The lowest BCUT2D eigenvalue weighted by molar-refractivity contribution is 0.154. The number of aromatic nitrogens is 3. The van der Waals surface area contributed by atoms with Crippen molar-refractivity contribution in [3.8, 4) is 17.0 Å². The van der Waals surface area contributed by atoms with Crippen LogP contribution in [0.3, 0.4) is 0 Å². The van der Waals surface area contributed by atoms with Crippen LogP contribution in [-0.4, -0.2) is 25.9 Å². The molecule has 154 valence electrons. The summed E-state index contributed by atoms with van der Waals surface area (Å²) in [6.07, 6.45) is 2.64. The van der Waals surface area contributed by atoms with Gasteiger partial charge in [-0.2, -0.15) is 5.10 Å². The summed E-state index contributed by atoms with van der Waals surface area (Å²) in [5.41, 5.74) is 4.88. The van der Waals surface area contributed by atoms with Crippen molar-refractivity contribution in [3.63, 3.8) is 0 Å². The Morgan fingerprint density at radius 2 is 1.83 bits per heavy atom. The smallest absolute Gasteiger partial charge is 0.276 e. The minimum atomic E-state index is -0.765. The number of hydrogen-bond donors (Lipinski definition) is 1. The van der Waals surface area contributed by atoms with Gasteiger partial charge in [-0.15, -0.1) is 0 Å². The second-order valence-corrected chi connectivity index (χ2v) is 7.45. The van der Waals surface area contributed by atoms with Crippen LogP contribution in [0.4, 0.5) is 0 Å². The quantitative estimate of drug-likeness (QED) is 0.530. The summed E-state index contributed by atoms with van der Waals surface area (Å²) >= 11 is 0. The normalized spacial score (nSPS) is 12.3. The van der Waals surface area contributed by atoms with Gasteiger partial charge in [0.2, 0.25) is 0 Å². The van der Waals surface area contributed by atoms with E-state index >= 15 is 0 Å². The Kier molecular flexibility index (Phi) is 5.42. The predicted octanol–water partition coefficient (Wildman–Crippen LogP) is 3.91. The molecule has 6 nitrogen and oxygen atoms in total. The molecule has 4 aromatic rings. The average molecular weight is 403 g/mol. The van der Waals surface area contributed by atoms with Crippen molar-refractivity contribution in [1.29, 1.82) is 0 Å². The molecule has 4 rings (SSSR count). The Hall–Kier alpha value is -3.38. The Bertz CT molecular complexity index is 1240. The average Bonchev–Trinajstić information content (AvgIpc) is 3.16. The Labute approximate surface area is 175 Å². The van der Waals surface area contributed by atoms with Crippen LogP contribution in [0.15, 0.2) is 65.7 Å². The summed E-state index contributed by atoms with van der Waals surface area (Å²) in [7, 11) is 0. The standard InChI is InChI=1S/C24H25N3O3/c1-4-30-19-8-6-18(7-9-19)21-14-22-24(29)26(11-12-27(22)25-21)15-23(28)20-10-5-16(2)13-17(20)3/h5-14,23,28H,4,15H2,1-3H3/t23-/m1/s1. The number of hydrogen-bond acceptors (Lipinski definition) is 4. The number of aliphatic hydroxyl groups excluding tert-OH is 1. The molecule has 0 amide bonds. The molecule has 0 radical (unpaired) electrons. The van der Waals surface area contributed by atoms with E-state index in [0.717, 1.165) is 28.0 Å². The largest absolute Gasteiger partial charge is 0.494 e. The van der Waals surface area contributed by atoms with Crippen molar-refractivity contribution in [2.24, 2.45) is 0 Å². The maximum absolute atomic E-state index is 13.0. The zero-order valence-corrected chi connectivity index (χ0v) is 17.4. The van der Waals surface area contributed by atoms with E-state index in [4.69, 9.17) is 4.74 Å². The van der Waals surface area contributed by atoms with Crippen LogP contribution in [0.1, 0.15) is 29.7 Å². The SMILES string of the molecule is CCOc1ccc(-c2cc3c(=O)n(C[C@@H](O)c4ccc(C)cc4C)ccn3n2)cc1. The van der Waals surface area contributed by atoms with Crippen LogP contribution in [0, 0.1) is 13.8 Å². The van der Waals surface area contributed by atoms with Gasteiger partial charge in [0, 0.05) is 18.0 Å². The van der Waals surface area contributed by atoms with Gasteiger partial charge in [-0.3, -0.25) is 4.79 Å². The lowest BCUT2D eigenvalue weighted by Gasteiger charge is -2.16. The Morgan fingerprint density at radius 3 is 2.53 bits per heavy atom. The van der Waals surface area contributed by atoms with E-state index in [1.165, 1.54) is 4.57 Å². The molecule has 2 aromatic carbocycles. The highest BCUT2D eigenvalue weighted by atomic mass is 16.5. The van der Waals surface area contributed by atoms with Crippen molar-refractivity contribution < 1.29 is 9.84 Å². The molecule has 0 unspecified atom stereocenters. The molecule has 0 saturated carbocycles. The number of nitrogens with zero attached hydrogens (tertiary/aromatic N) is 3. The van der Waals surface area contributed by atoms with E-state index in [0.29, 0.717) is 17.8 Å². The van der Waals surface area contributed by atoms with Crippen molar-refractivity contribution in [3.05, 3.63) is 88.0 Å². The first-order chi connectivity index (χ1) is 14.5. The summed E-state index contributed by atoms with van der Waals surface area (Å²) in [5.74, 6) is 0.799. The van der Waals surface area contributed by atoms with E-state index < -0.39 is 6.10 Å². The molecule has 0 spiro atoms. The molecule has 2 aromatic heterocycles. The third kappa shape index (κ3) is 3.86. The molecule has 1 N–H and O–H groups in total. The fraction of sp³-hybridized carbons (Fsp3) is 0.250. The lowest BCUT2D eigenvalue weighted by atomic mass is 10.0. The second-order valence-electron chi connectivity index (χ2n) is 7.45. The molecule has 0 aliphatic heterocycles. The van der Waals surface area contributed by atoms with E-state index in [1.807, 2.05) is 63.2 Å². The third-order valence-electron chi connectivity index (χ3n) is 5.22. The molecule has 30 heavy (non-hydrogen) atoms. The van der Waals surface area contributed by atoms with E-state index in [9.17, 15) is 9.90 Å². The molecule has 0 fully saturated rings. The van der Waals surface area contributed by atoms with E-state index in [2.05, 4.69) is 5.10 Å². The topological polar surface area (TPSA) is 68.8 Å². The first kappa shape index (κ1) is 19.9. The zero-order chi connectivity index (χ0) is 21.3. The van der Waals surface area contributed by atoms with Gasteiger partial charge < -0.3 is 14.4 Å². The maximum Gasteiger partial charge on any atom is 0.276 e. The summed E-state index contributed by atoms with van der Waals surface area (Å²) in [6, 6.07) is 15.3. The summed E-state index contributed by atoms with van der Waals surface area (Å²) in [6.45, 7) is 6.73. The highest BCUT2D eigenvalue weighted by molar-refractivity contribution is 5.66. The van der Waals surface area contributed by atoms with Crippen LogP contribution in [0.2, 0.25) is 0 Å². The molecule has 0 saturated heterocycles. The molecule has 0 aliphatic carbocycles. The number of fused-ring (bicyclic) bond motifs is 1. The summed E-state index contributed by atoms with van der Waals surface area (Å²) in [5, 5.41) is 15.2. The van der Waals surface area contributed by atoms with Crippen LogP contribution in [-0.2, 0) is 6.54 Å². The van der Waals surface area contributed by atoms with E-state index in [-0.39, 0.29) is 12.1 Å². The maximum atomic E-state index is 13.0. The third-order valence-corrected chi connectivity index (χ3v) is 5.22. The van der Waals surface area contributed by atoms with Gasteiger partial charge in [0.05, 0.1) is 24.9 Å². The van der Waals surface area contributed by atoms with Crippen molar-refractivity contribution >= 4 is 5.52 Å². The van der Waals surface area contributed by atoms with Crippen LogP contribution >= 0.6 is 0 Å². The number of aryl methyl sites for hydroxylation is 2. The van der Waals surface area contributed by atoms with Gasteiger partial charge in [-0.05, 0) is 62.2 Å². The molecule has 2 heterocycles. The number of benzene rings is 2. The molecule has 6 heteroatoms. The van der Waals surface area contributed by atoms with Gasteiger partial charge in [0.15, 0.2) is 0 Å². The summed E-state index contributed by atoms with van der Waals surface area (Å²) < 4.78 is 8.58. The van der Waals surface area contributed by atoms with Gasteiger partial charge in [-0.1, -0.05) is 23.8 Å². The van der Waals surface area contributed by atoms with Gasteiger partial charge in [-0.25, -0.2) is 4.52 Å². The zero-order valence-electron chi connectivity index (χ0n) is 17.4. The molecule has 1 atom stereocenters. The van der Waals surface area contributed by atoms with Crippen molar-refractivity contribution in [2.45, 2.75) is 33.4 Å². The van der Waals surface area contributed by atoms with Gasteiger partial charge >= 0.3 is 0 Å². The van der Waals surface area contributed by atoms with Crippen LogP contribution in [0.5, 0.6) is 5.75 Å². The molecule has 0 bridgehead atoms. The molecular formula is C24H25N3O3. The Balaban J connectivity index is 1.63. The van der Waals surface area contributed by atoms with Gasteiger partial charge in [0.25, 0.3) is 5.56 Å². The second kappa shape index (κ2) is 8.16. The lowest BCUT2D eigenvalue weighted by Crippen LogP contribution is -2.24. The highest BCUT2D eigenvalue weighted by Gasteiger charge is 2.14. The first-order valence-corrected chi connectivity index (χ1v) is 10.0. The van der Waals surface area contributed by atoms with Crippen molar-refractivity contribution in [2.75, 3.05) is 6.61 Å². The fourth-order valence-electron chi connectivity index (χ4n) is 3.68. The molecular weight excluding hydrogens is 378 g/mol. The van der Waals surface area contributed by atoms with Crippen LogP contribution < -0.4 is 10.3 Å². The predicted molar refractivity (Wildman–Crippen MR) is 117 cm³/mol. The van der Waals surface area contributed by atoms with Crippen LogP contribution in [0.25, 0.3) is 16.8 Å². The number of ether oxygens (including phenoxy) is 1. The van der Waals surface area contributed by atoms with Crippen molar-refractivity contribution in [1.82, 2.24) is 14.2 Å². The first-order valence-electron chi connectivity index (χ1n) is 10.0. The summed E-state index contributed by atoms with van der Waals surface area (Å²) in [4.78, 5) is 13.0. The Morgan fingerprint density at radius 1 is 1.07 bits per heavy atom. The molecule has 0 aliphatic rings. The number of aliphatic hydroxyl groups is 1.